The normalized spacial score (nSPS) is 20.6. The molecule has 5 nitrogen and oxygen atoms in total. The SMILES string of the molecule is Cc1nn(C)c(C2(c3c(F)cc(F)cc3I)CN2S(C)(=O)=O)c1-c1c(F)cc(F)cc1Cl. The van der Waals surface area contributed by atoms with Crippen molar-refractivity contribution in [2.75, 3.05) is 12.8 Å². The number of nitrogens with zero attached hydrogens (tertiary/aromatic N) is 3. The molecule has 1 aliphatic heterocycles. The predicted molar refractivity (Wildman–Crippen MR) is 120 cm³/mol. The van der Waals surface area contributed by atoms with Crippen molar-refractivity contribution in [1.29, 1.82) is 0 Å². The lowest BCUT2D eigenvalue weighted by Crippen LogP contribution is -2.28. The van der Waals surface area contributed by atoms with Gasteiger partial charge in [-0.05, 0) is 41.6 Å². The van der Waals surface area contributed by atoms with Crippen LogP contribution in [-0.2, 0) is 22.6 Å². The van der Waals surface area contributed by atoms with Gasteiger partial charge in [0.25, 0.3) is 0 Å². The second-order valence-corrected chi connectivity index (χ2v) is 11.0. The van der Waals surface area contributed by atoms with Crippen molar-refractivity contribution in [1.82, 2.24) is 14.1 Å². The van der Waals surface area contributed by atoms with Gasteiger partial charge in [0.2, 0.25) is 10.0 Å². The minimum absolute atomic E-state index is 0.0900. The molecular weight excluding hydrogens is 585 g/mol. The Morgan fingerprint density at radius 2 is 1.66 bits per heavy atom. The maximum atomic E-state index is 15.1. The molecule has 3 aromatic rings. The number of halogens is 6. The number of hydrogen-bond acceptors (Lipinski definition) is 3. The smallest absolute Gasteiger partial charge is 0.212 e. The molecule has 2 aromatic carbocycles. The molecular formula is C20H15ClF4IN3O2S. The first-order chi connectivity index (χ1) is 14.8. The van der Waals surface area contributed by atoms with Crippen LogP contribution >= 0.6 is 34.2 Å². The van der Waals surface area contributed by atoms with Crippen molar-refractivity contribution < 1.29 is 26.0 Å². The van der Waals surface area contributed by atoms with Crippen LogP contribution in [0.2, 0.25) is 5.02 Å². The van der Waals surface area contributed by atoms with Gasteiger partial charge in [-0.3, -0.25) is 4.68 Å². The van der Waals surface area contributed by atoms with Crippen molar-refractivity contribution in [2.45, 2.75) is 12.5 Å². The Morgan fingerprint density at radius 1 is 1.06 bits per heavy atom. The summed E-state index contributed by atoms with van der Waals surface area (Å²) in [6.45, 7) is 1.36. The fourth-order valence-electron chi connectivity index (χ4n) is 4.24. The van der Waals surface area contributed by atoms with Gasteiger partial charge in [0.05, 0.1) is 22.7 Å². The minimum atomic E-state index is -3.87. The Kier molecular flexibility index (Phi) is 5.63. The van der Waals surface area contributed by atoms with Crippen LogP contribution in [0.5, 0.6) is 0 Å². The lowest BCUT2D eigenvalue weighted by atomic mass is 9.89. The molecule has 12 heteroatoms. The molecule has 2 atom stereocenters. The van der Waals surface area contributed by atoms with Crippen LogP contribution < -0.4 is 0 Å². The molecule has 4 rings (SSSR count). The lowest BCUT2D eigenvalue weighted by Gasteiger charge is -2.23. The third kappa shape index (κ3) is 3.53. The zero-order chi connectivity index (χ0) is 23.7. The van der Waals surface area contributed by atoms with Crippen LogP contribution in [0, 0.1) is 33.8 Å². The number of hydrogen-bond donors (Lipinski definition) is 0. The first-order valence-corrected chi connectivity index (χ1v) is 12.4. The van der Waals surface area contributed by atoms with Crippen molar-refractivity contribution in [2.24, 2.45) is 7.05 Å². The summed E-state index contributed by atoms with van der Waals surface area (Å²) < 4.78 is 85.1. The maximum Gasteiger partial charge on any atom is 0.212 e. The van der Waals surface area contributed by atoms with Crippen LogP contribution in [0.3, 0.4) is 0 Å². The summed E-state index contributed by atoms with van der Waals surface area (Å²) in [5, 5.41) is 4.04. The van der Waals surface area contributed by atoms with Gasteiger partial charge in [-0.1, -0.05) is 11.6 Å². The van der Waals surface area contributed by atoms with Crippen LogP contribution in [0.1, 0.15) is 17.0 Å². The molecule has 2 heterocycles. The van der Waals surface area contributed by atoms with E-state index in [4.69, 9.17) is 11.6 Å². The van der Waals surface area contributed by atoms with Crippen molar-refractivity contribution in [3.63, 3.8) is 0 Å². The molecule has 0 amide bonds. The third-order valence-electron chi connectivity index (χ3n) is 5.39. The van der Waals surface area contributed by atoms with E-state index < -0.39 is 38.8 Å². The summed E-state index contributed by atoms with van der Waals surface area (Å²) in [6, 6.07) is 3.31. The molecule has 1 fully saturated rings. The maximum absolute atomic E-state index is 15.1. The second kappa shape index (κ2) is 7.67. The van der Waals surface area contributed by atoms with E-state index in [9.17, 15) is 21.6 Å². The van der Waals surface area contributed by atoms with Gasteiger partial charge in [0.15, 0.2) is 0 Å². The summed E-state index contributed by atoms with van der Waals surface area (Å²) in [7, 11) is -2.37. The van der Waals surface area contributed by atoms with Gasteiger partial charge >= 0.3 is 0 Å². The molecule has 1 aliphatic rings. The Morgan fingerprint density at radius 3 is 2.19 bits per heavy atom. The third-order valence-corrected chi connectivity index (χ3v) is 7.78. The molecule has 1 saturated heterocycles. The lowest BCUT2D eigenvalue weighted by molar-refractivity contribution is 0.500. The molecule has 0 N–H and O–H groups in total. The highest BCUT2D eigenvalue weighted by molar-refractivity contribution is 14.1. The Labute approximate surface area is 200 Å². The monoisotopic (exact) mass is 599 g/mol. The van der Waals surface area contributed by atoms with E-state index in [1.807, 2.05) is 0 Å². The van der Waals surface area contributed by atoms with Gasteiger partial charge < -0.3 is 0 Å². The number of aromatic nitrogens is 2. The van der Waals surface area contributed by atoms with Gasteiger partial charge in [-0.25, -0.2) is 26.0 Å². The van der Waals surface area contributed by atoms with E-state index in [0.29, 0.717) is 12.1 Å². The van der Waals surface area contributed by atoms with Crippen LogP contribution in [-0.4, -0.2) is 35.3 Å². The number of sulfonamides is 1. The summed E-state index contributed by atoms with van der Waals surface area (Å²) >= 11 is 7.90. The standard InChI is InChI=1S/C20H15ClF4IN3O2S/c1-9-16(17-12(21)4-10(22)5-13(17)24)19(28(2)27-9)20(8-29(20)32(3,30)31)18-14(25)6-11(23)7-15(18)26/h4-7H,8H2,1-3H3. The fourth-order valence-corrected chi connectivity index (χ4v) is 6.69. The summed E-state index contributed by atoms with van der Waals surface area (Å²) in [5.74, 6) is -3.66. The van der Waals surface area contributed by atoms with Crippen molar-refractivity contribution in [3.05, 3.63) is 73.1 Å². The molecule has 0 spiro atoms. The minimum Gasteiger partial charge on any atom is -0.269 e. The molecule has 1 aromatic heterocycles. The summed E-state index contributed by atoms with van der Waals surface area (Å²) in [6.07, 6.45) is 0.956. The van der Waals surface area contributed by atoms with E-state index in [0.717, 1.165) is 22.7 Å². The quantitative estimate of drug-likeness (QED) is 0.248. The summed E-state index contributed by atoms with van der Waals surface area (Å²) in [4.78, 5) is 0. The largest absolute Gasteiger partial charge is 0.269 e. The van der Waals surface area contributed by atoms with Crippen LogP contribution in [0.25, 0.3) is 11.1 Å². The first kappa shape index (κ1) is 23.5. The molecule has 32 heavy (non-hydrogen) atoms. The average molecular weight is 600 g/mol. The van der Waals surface area contributed by atoms with E-state index in [1.54, 1.807) is 29.5 Å². The Hall–Kier alpha value is -1.70. The zero-order valence-corrected chi connectivity index (χ0v) is 20.6. The highest BCUT2D eigenvalue weighted by Gasteiger charge is 2.64. The molecule has 0 bridgehead atoms. The van der Waals surface area contributed by atoms with E-state index >= 15 is 4.39 Å². The highest BCUT2D eigenvalue weighted by atomic mass is 127. The Bertz CT molecular complexity index is 1350. The number of benzene rings is 2. The molecule has 2 unspecified atom stereocenters. The van der Waals surface area contributed by atoms with Gasteiger partial charge in [-0.2, -0.15) is 9.40 Å². The van der Waals surface area contributed by atoms with E-state index in [2.05, 4.69) is 5.10 Å². The molecule has 170 valence electrons. The average Bonchev–Trinajstić information content (AvgIpc) is 3.28. The molecule has 0 radical (unpaired) electrons. The van der Waals surface area contributed by atoms with Crippen molar-refractivity contribution in [3.8, 4) is 11.1 Å². The first-order valence-electron chi connectivity index (χ1n) is 9.11. The zero-order valence-electron chi connectivity index (χ0n) is 16.9. The van der Waals surface area contributed by atoms with Gasteiger partial charge in [-0.15, -0.1) is 0 Å². The van der Waals surface area contributed by atoms with E-state index in [-0.39, 0.29) is 43.2 Å². The van der Waals surface area contributed by atoms with Crippen LogP contribution in [0.4, 0.5) is 17.6 Å². The highest BCUT2D eigenvalue weighted by Crippen LogP contribution is 2.55. The molecule has 0 saturated carbocycles. The van der Waals surface area contributed by atoms with Gasteiger partial charge in [0, 0.05) is 46.0 Å². The van der Waals surface area contributed by atoms with Crippen molar-refractivity contribution >= 4 is 44.2 Å². The summed E-state index contributed by atoms with van der Waals surface area (Å²) in [5.41, 5.74) is -1.39. The van der Waals surface area contributed by atoms with Gasteiger partial charge in [0.1, 0.15) is 28.8 Å². The topological polar surface area (TPSA) is 55.0 Å². The number of aryl methyl sites for hydroxylation is 2. The fraction of sp³-hybridized carbons (Fsp3) is 0.250. The Balaban J connectivity index is 2.12. The van der Waals surface area contributed by atoms with Crippen LogP contribution in [0.15, 0.2) is 24.3 Å². The number of rotatable bonds is 4. The molecule has 0 aliphatic carbocycles. The predicted octanol–water partition coefficient (Wildman–Crippen LogP) is 4.73. The van der Waals surface area contributed by atoms with E-state index in [1.165, 1.54) is 11.7 Å². The second-order valence-electron chi connectivity index (χ2n) is 7.55.